The van der Waals surface area contributed by atoms with Crippen molar-refractivity contribution in [2.75, 3.05) is 5.73 Å². The largest absolute Gasteiger partial charge is 0.398 e. The molecule has 0 aliphatic rings. The van der Waals surface area contributed by atoms with Crippen LogP contribution in [-0.2, 0) is 0 Å². The molecule has 0 spiro atoms. The number of rotatable bonds is 0. The van der Waals surface area contributed by atoms with Crippen molar-refractivity contribution in [3.05, 3.63) is 54.1 Å². The van der Waals surface area contributed by atoms with Gasteiger partial charge in [0.1, 0.15) is 0 Å². The van der Waals surface area contributed by atoms with Crippen molar-refractivity contribution in [1.82, 2.24) is 0 Å². The van der Waals surface area contributed by atoms with Gasteiger partial charge >= 0.3 is 0 Å². The molecule has 2 N–H and O–H groups in total. The zero-order valence-corrected chi connectivity index (χ0v) is 9.27. The standard InChI is InChI=1S/C16H11N/c1-2-11-12-7-3-5-9-14(12)16(17)15-10-6-4-8-13(11)15/h1,3-10H,17H2. The first-order valence-corrected chi connectivity index (χ1v) is 5.48. The molecule has 0 saturated carbocycles. The zero-order valence-electron chi connectivity index (χ0n) is 9.27. The Balaban J connectivity index is 2.70. The third-order valence-electron chi connectivity index (χ3n) is 3.12. The summed E-state index contributed by atoms with van der Waals surface area (Å²) in [5.74, 6) is 2.78. The van der Waals surface area contributed by atoms with E-state index in [-0.39, 0.29) is 0 Å². The molecule has 0 aliphatic heterocycles. The lowest BCUT2D eigenvalue weighted by molar-refractivity contribution is 1.72. The van der Waals surface area contributed by atoms with Crippen LogP contribution in [-0.4, -0.2) is 0 Å². The van der Waals surface area contributed by atoms with Gasteiger partial charge in [0.25, 0.3) is 0 Å². The van der Waals surface area contributed by atoms with Crippen molar-refractivity contribution in [1.29, 1.82) is 0 Å². The van der Waals surface area contributed by atoms with E-state index in [0.717, 1.165) is 32.8 Å². The minimum Gasteiger partial charge on any atom is -0.398 e. The number of nitrogens with two attached hydrogens (primary N) is 1. The van der Waals surface area contributed by atoms with Gasteiger partial charge in [0, 0.05) is 32.8 Å². The topological polar surface area (TPSA) is 26.0 Å². The summed E-state index contributed by atoms with van der Waals surface area (Å²) < 4.78 is 0. The molecule has 1 heteroatoms. The number of hydrogen-bond donors (Lipinski definition) is 1. The molecule has 1 nitrogen and oxygen atoms in total. The van der Waals surface area contributed by atoms with Crippen molar-refractivity contribution < 1.29 is 0 Å². The summed E-state index contributed by atoms with van der Waals surface area (Å²) in [6.07, 6.45) is 5.64. The summed E-state index contributed by atoms with van der Waals surface area (Å²) in [7, 11) is 0. The normalized spacial score (nSPS) is 10.5. The number of nitrogen functional groups attached to an aromatic ring is 1. The van der Waals surface area contributed by atoms with Crippen LogP contribution in [0.4, 0.5) is 5.69 Å². The summed E-state index contributed by atoms with van der Waals surface area (Å²) in [5.41, 5.74) is 7.93. The van der Waals surface area contributed by atoms with Crippen LogP contribution >= 0.6 is 0 Å². The SMILES string of the molecule is C#Cc1c2ccccc2c(N)c2ccccc12. The summed E-state index contributed by atoms with van der Waals surface area (Å²) in [5, 5.41) is 4.15. The van der Waals surface area contributed by atoms with E-state index < -0.39 is 0 Å². The average Bonchev–Trinajstić information content (AvgIpc) is 2.40. The quantitative estimate of drug-likeness (QED) is 0.348. The Hall–Kier alpha value is -2.46. The van der Waals surface area contributed by atoms with Gasteiger partial charge in [-0.1, -0.05) is 54.5 Å². The fraction of sp³-hybridized carbons (Fsp3) is 0. The lowest BCUT2D eigenvalue weighted by Crippen LogP contribution is -1.92. The highest BCUT2D eigenvalue weighted by atomic mass is 14.6. The van der Waals surface area contributed by atoms with E-state index in [1.807, 2.05) is 48.5 Å². The van der Waals surface area contributed by atoms with Gasteiger partial charge < -0.3 is 5.73 Å². The maximum absolute atomic E-state index is 6.21. The first-order valence-electron chi connectivity index (χ1n) is 5.48. The van der Waals surface area contributed by atoms with Crippen molar-refractivity contribution in [2.45, 2.75) is 0 Å². The van der Waals surface area contributed by atoms with Crippen molar-refractivity contribution in [3.63, 3.8) is 0 Å². The highest BCUT2D eigenvalue weighted by molar-refractivity contribution is 6.14. The molecular weight excluding hydrogens is 206 g/mol. The summed E-state index contributed by atoms with van der Waals surface area (Å²) >= 11 is 0. The van der Waals surface area contributed by atoms with E-state index in [1.165, 1.54) is 0 Å². The number of fused-ring (bicyclic) bond motifs is 2. The predicted octanol–water partition coefficient (Wildman–Crippen LogP) is 3.56. The molecule has 80 valence electrons. The zero-order chi connectivity index (χ0) is 11.8. The number of benzene rings is 3. The van der Waals surface area contributed by atoms with Gasteiger partial charge in [-0.25, -0.2) is 0 Å². The minimum absolute atomic E-state index is 0.801. The van der Waals surface area contributed by atoms with Crippen molar-refractivity contribution in [3.8, 4) is 12.3 Å². The van der Waals surface area contributed by atoms with Crippen LogP contribution in [0.15, 0.2) is 48.5 Å². The minimum atomic E-state index is 0.801. The fourth-order valence-corrected chi connectivity index (χ4v) is 2.32. The maximum Gasteiger partial charge on any atom is 0.0474 e. The maximum atomic E-state index is 6.21. The molecule has 0 fully saturated rings. The van der Waals surface area contributed by atoms with Gasteiger partial charge in [-0.15, -0.1) is 6.42 Å². The molecule has 3 aromatic carbocycles. The highest BCUT2D eigenvalue weighted by Crippen LogP contribution is 2.33. The molecule has 0 saturated heterocycles. The van der Waals surface area contributed by atoms with Crippen molar-refractivity contribution >= 4 is 27.2 Å². The van der Waals surface area contributed by atoms with Crippen LogP contribution in [0.1, 0.15) is 5.56 Å². The molecule has 0 heterocycles. The van der Waals surface area contributed by atoms with Gasteiger partial charge in [0.15, 0.2) is 0 Å². The Labute approximate surface area is 99.9 Å². The predicted molar refractivity (Wildman–Crippen MR) is 73.8 cm³/mol. The van der Waals surface area contributed by atoms with Crippen molar-refractivity contribution in [2.24, 2.45) is 0 Å². The fourth-order valence-electron chi connectivity index (χ4n) is 2.32. The first-order chi connectivity index (χ1) is 8.33. The van der Waals surface area contributed by atoms with Crippen LogP contribution < -0.4 is 5.73 Å². The van der Waals surface area contributed by atoms with E-state index in [4.69, 9.17) is 12.2 Å². The van der Waals surface area contributed by atoms with Gasteiger partial charge in [0.2, 0.25) is 0 Å². The molecule has 17 heavy (non-hydrogen) atoms. The molecule has 0 aromatic heterocycles. The van der Waals surface area contributed by atoms with Gasteiger partial charge in [-0.05, 0) is 0 Å². The van der Waals surface area contributed by atoms with E-state index >= 15 is 0 Å². The van der Waals surface area contributed by atoms with Crippen LogP contribution in [0, 0.1) is 12.3 Å². The molecule has 0 amide bonds. The second kappa shape index (κ2) is 3.54. The Bertz CT molecular complexity index is 706. The molecule has 0 aliphatic carbocycles. The third-order valence-corrected chi connectivity index (χ3v) is 3.12. The molecule has 0 atom stereocenters. The third kappa shape index (κ3) is 1.28. The van der Waals surface area contributed by atoms with E-state index in [2.05, 4.69) is 5.92 Å². The molecule has 0 unspecified atom stereocenters. The van der Waals surface area contributed by atoms with Gasteiger partial charge in [-0.3, -0.25) is 0 Å². The lowest BCUT2D eigenvalue weighted by atomic mass is 9.95. The molecule has 0 bridgehead atoms. The molecular formula is C16H11N. The summed E-state index contributed by atoms with van der Waals surface area (Å²) in [4.78, 5) is 0. The number of anilines is 1. The molecule has 3 rings (SSSR count). The van der Waals surface area contributed by atoms with E-state index in [9.17, 15) is 0 Å². The van der Waals surface area contributed by atoms with Crippen LogP contribution in [0.2, 0.25) is 0 Å². The lowest BCUT2D eigenvalue weighted by Gasteiger charge is -2.10. The Morgan fingerprint density at radius 1 is 0.765 bits per heavy atom. The second-order valence-corrected chi connectivity index (χ2v) is 4.02. The van der Waals surface area contributed by atoms with Crippen LogP contribution in [0.5, 0.6) is 0 Å². The second-order valence-electron chi connectivity index (χ2n) is 4.02. The van der Waals surface area contributed by atoms with Crippen LogP contribution in [0.25, 0.3) is 21.5 Å². The Morgan fingerprint density at radius 2 is 1.18 bits per heavy atom. The average molecular weight is 217 g/mol. The van der Waals surface area contributed by atoms with E-state index in [0.29, 0.717) is 0 Å². The molecule has 3 aromatic rings. The number of hydrogen-bond acceptors (Lipinski definition) is 1. The van der Waals surface area contributed by atoms with Crippen LogP contribution in [0.3, 0.4) is 0 Å². The highest BCUT2D eigenvalue weighted by Gasteiger charge is 2.09. The summed E-state index contributed by atoms with van der Waals surface area (Å²) in [6.45, 7) is 0. The Kier molecular flexibility index (Phi) is 2.03. The summed E-state index contributed by atoms with van der Waals surface area (Å²) in [6, 6.07) is 16.0. The Morgan fingerprint density at radius 3 is 1.59 bits per heavy atom. The van der Waals surface area contributed by atoms with Gasteiger partial charge in [-0.2, -0.15) is 0 Å². The van der Waals surface area contributed by atoms with E-state index in [1.54, 1.807) is 0 Å². The van der Waals surface area contributed by atoms with Gasteiger partial charge in [0.05, 0.1) is 0 Å². The monoisotopic (exact) mass is 217 g/mol. The number of terminal acetylenes is 1. The molecule has 0 radical (unpaired) electrons. The smallest absolute Gasteiger partial charge is 0.0474 e. The first kappa shape index (κ1) is 9.74.